The first kappa shape index (κ1) is 15.6. The number of hydrogen-bond donors (Lipinski definition) is 3. The van der Waals surface area contributed by atoms with Gasteiger partial charge >= 0.3 is 0 Å². The molecule has 0 aliphatic carbocycles. The maximum Gasteiger partial charge on any atom is 0.270 e. The minimum absolute atomic E-state index is 0.0202. The van der Waals surface area contributed by atoms with Crippen LogP contribution in [0.3, 0.4) is 0 Å². The van der Waals surface area contributed by atoms with Gasteiger partial charge in [0.05, 0.1) is 5.01 Å². The highest BCUT2D eigenvalue weighted by molar-refractivity contribution is 7.09. The van der Waals surface area contributed by atoms with E-state index in [9.17, 15) is 9.59 Å². The van der Waals surface area contributed by atoms with Gasteiger partial charge in [0, 0.05) is 30.8 Å². The zero-order chi connectivity index (χ0) is 14.3. The molecule has 0 aliphatic rings. The van der Waals surface area contributed by atoms with Crippen molar-refractivity contribution in [3.8, 4) is 0 Å². The Balaban J connectivity index is 2.29. The standard InChI is InChI=1S/C12H20N4O2S/c1-8(2)11(17)14-5-6-15-12(18)9-7-19-10(16-9)3-4-13/h7-8H,3-6,13H2,1-2H3,(H,14,17)(H,15,18). The molecule has 1 aromatic rings. The predicted molar refractivity (Wildman–Crippen MR) is 75.1 cm³/mol. The fourth-order valence-electron chi connectivity index (χ4n) is 1.31. The third-order valence-electron chi connectivity index (χ3n) is 2.38. The molecule has 0 fully saturated rings. The Bertz CT molecular complexity index is 431. The van der Waals surface area contributed by atoms with Crippen LogP contribution in [-0.2, 0) is 11.2 Å². The van der Waals surface area contributed by atoms with Crippen molar-refractivity contribution in [2.75, 3.05) is 19.6 Å². The molecule has 4 N–H and O–H groups in total. The Morgan fingerprint density at radius 2 is 2.05 bits per heavy atom. The lowest BCUT2D eigenvalue weighted by Crippen LogP contribution is -2.36. The molecule has 0 saturated carbocycles. The third-order valence-corrected chi connectivity index (χ3v) is 3.29. The summed E-state index contributed by atoms with van der Waals surface area (Å²) >= 11 is 1.43. The van der Waals surface area contributed by atoms with Crippen LogP contribution in [0.15, 0.2) is 5.38 Å². The molecule has 0 spiro atoms. The van der Waals surface area contributed by atoms with Crippen molar-refractivity contribution in [2.24, 2.45) is 11.7 Å². The number of nitrogens with two attached hydrogens (primary N) is 1. The minimum Gasteiger partial charge on any atom is -0.354 e. The van der Waals surface area contributed by atoms with Crippen LogP contribution in [0.4, 0.5) is 0 Å². The third kappa shape index (κ3) is 5.35. The van der Waals surface area contributed by atoms with Gasteiger partial charge in [0.1, 0.15) is 5.69 Å². The first-order valence-electron chi connectivity index (χ1n) is 6.25. The number of nitrogens with zero attached hydrogens (tertiary/aromatic N) is 1. The fraction of sp³-hybridized carbons (Fsp3) is 0.583. The molecule has 2 amide bonds. The Morgan fingerprint density at radius 1 is 1.37 bits per heavy atom. The number of rotatable bonds is 7. The van der Waals surface area contributed by atoms with Crippen LogP contribution in [0.1, 0.15) is 29.3 Å². The summed E-state index contributed by atoms with van der Waals surface area (Å²) in [5.41, 5.74) is 5.83. The molecular formula is C12H20N4O2S. The highest BCUT2D eigenvalue weighted by atomic mass is 32.1. The summed E-state index contributed by atoms with van der Waals surface area (Å²) in [6, 6.07) is 0. The van der Waals surface area contributed by atoms with Crippen molar-refractivity contribution in [2.45, 2.75) is 20.3 Å². The number of carbonyl (C=O) groups excluding carboxylic acids is 2. The summed E-state index contributed by atoms with van der Waals surface area (Å²) in [5, 5.41) is 8.01. The van der Waals surface area contributed by atoms with E-state index in [0.717, 1.165) is 5.01 Å². The van der Waals surface area contributed by atoms with Gasteiger partial charge in [0.15, 0.2) is 0 Å². The summed E-state index contributed by atoms with van der Waals surface area (Å²) in [6.07, 6.45) is 0.683. The lowest BCUT2D eigenvalue weighted by molar-refractivity contribution is -0.123. The largest absolute Gasteiger partial charge is 0.354 e. The Kier molecular flexibility index (Phi) is 6.44. The van der Waals surface area contributed by atoms with E-state index in [1.54, 1.807) is 5.38 Å². The van der Waals surface area contributed by atoms with Gasteiger partial charge in [-0.3, -0.25) is 9.59 Å². The van der Waals surface area contributed by atoms with Gasteiger partial charge in [-0.15, -0.1) is 11.3 Å². The van der Waals surface area contributed by atoms with Gasteiger partial charge in [-0.25, -0.2) is 4.98 Å². The van der Waals surface area contributed by atoms with Gasteiger partial charge in [-0.1, -0.05) is 13.8 Å². The number of aromatic nitrogens is 1. The highest BCUT2D eigenvalue weighted by Crippen LogP contribution is 2.09. The first-order chi connectivity index (χ1) is 9.04. The first-order valence-corrected chi connectivity index (χ1v) is 7.13. The molecular weight excluding hydrogens is 264 g/mol. The van der Waals surface area contributed by atoms with E-state index in [1.807, 2.05) is 13.8 Å². The zero-order valence-electron chi connectivity index (χ0n) is 11.2. The molecule has 0 unspecified atom stereocenters. The number of nitrogens with one attached hydrogen (secondary N) is 2. The van der Waals surface area contributed by atoms with E-state index in [0.29, 0.717) is 31.7 Å². The molecule has 1 aromatic heterocycles. The number of amides is 2. The summed E-state index contributed by atoms with van der Waals surface area (Å²) in [6.45, 7) is 4.98. The normalized spacial score (nSPS) is 10.5. The quantitative estimate of drug-likeness (QED) is 0.621. The average molecular weight is 284 g/mol. The van der Waals surface area contributed by atoms with E-state index in [-0.39, 0.29) is 17.7 Å². The summed E-state index contributed by atoms with van der Waals surface area (Å²) in [7, 11) is 0. The van der Waals surface area contributed by atoms with Gasteiger partial charge in [-0.2, -0.15) is 0 Å². The monoisotopic (exact) mass is 284 g/mol. The Hall–Kier alpha value is -1.47. The highest BCUT2D eigenvalue weighted by Gasteiger charge is 2.10. The van der Waals surface area contributed by atoms with E-state index in [1.165, 1.54) is 11.3 Å². The van der Waals surface area contributed by atoms with Gasteiger partial charge in [-0.05, 0) is 6.54 Å². The molecule has 1 rings (SSSR count). The number of carbonyl (C=O) groups is 2. The van der Waals surface area contributed by atoms with Crippen molar-refractivity contribution < 1.29 is 9.59 Å². The van der Waals surface area contributed by atoms with Crippen LogP contribution in [0.25, 0.3) is 0 Å². The lowest BCUT2D eigenvalue weighted by atomic mass is 10.2. The second kappa shape index (κ2) is 7.85. The molecule has 0 aromatic carbocycles. The number of hydrogen-bond acceptors (Lipinski definition) is 5. The topological polar surface area (TPSA) is 97.1 Å². The lowest BCUT2D eigenvalue weighted by Gasteiger charge is -2.07. The second-order valence-electron chi connectivity index (χ2n) is 4.37. The minimum atomic E-state index is -0.224. The molecule has 19 heavy (non-hydrogen) atoms. The van der Waals surface area contributed by atoms with E-state index in [4.69, 9.17) is 5.73 Å². The molecule has 6 nitrogen and oxygen atoms in total. The Morgan fingerprint density at radius 3 is 2.68 bits per heavy atom. The summed E-state index contributed by atoms with van der Waals surface area (Å²) in [4.78, 5) is 27.2. The molecule has 106 valence electrons. The van der Waals surface area contributed by atoms with Crippen LogP contribution in [-0.4, -0.2) is 36.4 Å². The fourth-order valence-corrected chi connectivity index (χ4v) is 2.10. The smallest absolute Gasteiger partial charge is 0.270 e. The van der Waals surface area contributed by atoms with Crippen LogP contribution in [0.5, 0.6) is 0 Å². The van der Waals surface area contributed by atoms with Crippen molar-refractivity contribution in [1.82, 2.24) is 15.6 Å². The molecule has 7 heteroatoms. The molecule has 1 heterocycles. The van der Waals surface area contributed by atoms with E-state index >= 15 is 0 Å². The van der Waals surface area contributed by atoms with E-state index < -0.39 is 0 Å². The van der Waals surface area contributed by atoms with Crippen LogP contribution >= 0.6 is 11.3 Å². The molecule has 0 bridgehead atoms. The van der Waals surface area contributed by atoms with Crippen molar-refractivity contribution in [3.05, 3.63) is 16.1 Å². The predicted octanol–water partition coefficient (Wildman–Crippen LogP) is 0.146. The van der Waals surface area contributed by atoms with Gasteiger partial charge < -0.3 is 16.4 Å². The van der Waals surface area contributed by atoms with Crippen LogP contribution in [0, 0.1) is 5.92 Å². The maximum atomic E-state index is 11.7. The average Bonchev–Trinajstić information content (AvgIpc) is 2.83. The zero-order valence-corrected chi connectivity index (χ0v) is 12.0. The molecule has 0 radical (unpaired) electrons. The van der Waals surface area contributed by atoms with Gasteiger partial charge in [0.25, 0.3) is 5.91 Å². The molecule has 0 aliphatic heterocycles. The SMILES string of the molecule is CC(C)C(=O)NCCNC(=O)c1csc(CCN)n1. The van der Waals surface area contributed by atoms with Crippen molar-refractivity contribution >= 4 is 23.2 Å². The molecule has 0 atom stereocenters. The van der Waals surface area contributed by atoms with Gasteiger partial charge in [0.2, 0.25) is 5.91 Å². The Labute approximate surface area is 116 Å². The molecule has 0 saturated heterocycles. The van der Waals surface area contributed by atoms with Crippen LogP contribution < -0.4 is 16.4 Å². The number of thiazole rings is 1. The van der Waals surface area contributed by atoms with Crippen LogP contribution in [0.2, 0.25) is 0 Å². The maximum absolute atomic E-state index is 11.7. The van der Waals surface area contributed by atoms with E-state index in [2.05, 4.69) is 15.6 Å². The van der Waals surface area contributed by atoms with Crippen molar-refractivity contribution in [1.29, 1.82) is 0 Å². The summed E-state index contributed by atoms with van der Waals surface area (Å²) < 4.78 is 0. The van der Waals surface area contributed by atoms with Crippen molar-refractivity contribution in [3.63, 3.8) is 0 Å². The second-order valence-corrected chi connectivity index (χ2v) is 5.31. The summed E-state index contributed by atoms with van der Waals surface area (Å²) in [5.74, 6) is -0.292.